The Morgan fingerprint density at radius 3 is 2.41 bits per heavy atom. The predicted molar refractivity (Wildman–Crippen MR) is 76.4 cm³/mol. The zero-order chi connectivity index (χ0) is 12.3. The molecular weight excluding hydrogens is 298 g/mol. The topological polar surface area (TPSA) is 20.3 Å². The third kappa shape index (κ3) is 2.90. The van der Waals surface area contributed by atoms with Gasteiger partial charge in [0.25, 0.3) is 5.91 Å². The van der Waals surface area contributed by atoms with Gasteiger partial charge in [-0.05, 0) is 30.3 Å². The second-order valence-electron chi connectivity index (χ2n) is 3.46. The summed E-state index contributed by atoms with van der Waals surface area (Å²) in [6.45, 7) is 0. The number of amides is 1. The van der Waals surface area contributed by atoms with E-state index in [1.165, 1.54) is 4.31 Å². The number of carbonyl (C=O) groups is 1. The highest BCUT2D eigenvalue weighted by Crippen LogP contribution is 2.23. The summed E-state index contributed by atoms with van der Waals surface area (Å²) in [5, 5.41) is 0. The second kappa shape index (κ2) is 5.38. The Hall–Kier alpha value is -1.26. The van der Waals surface area contributed by atoms with E-state index in [-0.39, 0.29) is 5.91 Å². The minimum atomic E-state index is -0.146. The van der Waals surface area contributed by atoms with Crippen molar-refractivity contribution >= 4 is 40.3 Å². The van der Waals surface area contributed by atoms with E-state index in [0.29, 0.717) is 5.56 Å². The Bertz CT molecular complexity index is 530. The van der Waals surface area contributed by atoms with Crippen LogP contribution in [0.15, 0.2) is 59.1 Å². The number of benzene rings is 2. The molecular formula is C13H10BrNOS. The number of hydrogen-bond acceptors (Lipinski definition) is 2. The number of anilines is 1. The summed E-state index contributed by atoms with van der Waals surface area (Å²) in [5.74, 6) is -0.146. The lowest BCUT2D eigenvalue weighted by Crippen LogP contribution is -2.20. The number of hydrogen-bond donors (Lipinski definition) is 1. The molecule has 0 heterocycles. The molecule has 0 aromatic heterocycles. The molecule has 2 nitrogen and oxygen atoms in total. The summed E-state index contributed by atoms with van der Waals surface area (Å²) in [6.07, 6.45) is 0. The van der Waals surface area contributed by atoms with Gasteiger partial charge >= 0.3 is 0 Å². The zero-order valence-corrected chi connectivity index (χ0v) is 11.4. The van der Waals surface area contributed by atoms with Crippen LogP contribution in [0.3, 0.4) is 0 Å². The minimum Gasteiger partial charge on any atom is -0.268 e. The van der Waals surface area contributed by atoms with Crippen molar-refractivity contribution < 1.29 is 4.79 Å². The summed E-state index contributed by atoms with van der Waals surface area (Å²) < 4.78 is 2.25. The zero-order valence-electron chi connectivity index (χ0n) is 8.88. The van der Waals surface area contributed by atoms with Gasteiger partial charge in [0.15, 0.2) is 0 Å². The molecule has 4 heteroatoms. The molecule has 2 aromatic rings. The molecule has 0 saturated heterocycles. The SMILES string of the molecule is O=C(c1ccccc1)N(S)c1cccc(Br)c1. The van der Waals surface area contributed by atoms with Gasteiger partial charge in [-0.3, -0.25) is 9.10 Å². The Balaban J connectivity index is 2.27. The monoisotopic (exact) mass is 307 g/mol. The van der Waals surface area contributed by atoms with Gasteiger partial charge in [0, 0.05) is 10.0 Å². The second-order valence-corrected chi connectivity index (χ2v) is 4.78. The van der Waals surface area contributed by atoms with Crippen LogP contribution in [0.2, 0.25) is 0 Å². The standard InChI is InChI=1S/C13H10BrNOS/c14-11-7-4-8-12(9-11)15(17)13(16)10-5-2-1-3-6-10/h1-9,17H. The molecule has 0 spiro atoms. The van der Waals surface area contributed by atoms with Crippen LogP contribution in [0, 0.1) is 0 Å². The van der Waals surface area contributed by atoms with Gasteiger partial charge < -0.3 is 0 Å². The van der Waals surface area contributed by atoms with Crippen LogP contribution in [0.1, 0.15) is 10.4 Å². The highest BCUT2D eigenvalue weighted by Gasteiger charge is 2.13. The van der Waals surface area contributed by atoms with Gasteiger partial charge in [0.1, 0.15) is 0 Å². The summed E-state index contributed by atoms with van der Waals surface area (Å²) in [6, 6.07) is 16.5. The van der Waals surface area contributed by atoms with Crippen molar-refractivity contribution in [2.24, 2.45) is 0 Å². The van der Waals surface area contributed by atoms with E-state index in [9.17, 15) is 4.79 Å². The van der Waals surface area contributed by atoms with Crippen molar-refractivity contribution in [3.63, 3.8) is 0 Å². The first-order valence-electron chi connectivity index (χ1n) is 5.02. The molecule has 0 unspecified atom stereocenters. The van der Waals surface area contributed by atoms with Crippen molar-refractivity contribution in [3.8, 4) is 0 Å². The number of nitrogens with zero attached hydrogens (tertiary/aromatic N) is 1. The lowest BCUT2D eigenvalue weighted by Gasteiger charge is -2.15. The third-order valence-corrected chi connectivity index (χ3v) is 3.17. The fourth-order valence-corrected chi connectivity index (χ4v) is 2.06. The molecule has 0 aliphatic heterocycles. The molecule has 0 radical (unpaired) electrons. The fraction of sp³-hybridized carbons (Fsp3) is 0. The highest BCUT2D eigenvalue weighted by atomic mass is 79.9. The Morgan fingerprint density at radius 1 is 1.06 bits per heavy atom. The Morgan fingerprint density at radius 2 is 1.76 bits per heavy atom. The van der Waals surface area contributed by atoms with Crippen LogP contribution in [0.4, 0.5) is 5.69 Å². The number of rotatable bonds is 2. The molecule has 2 aromatic carbocycles. The average molecular weight is 308 g/mol. The molecule has 0 atom stereocenters. The lowest BCUT2D eigenvalue weighted by molar-refractivity contribution is 0.101. The van der Waals surface area contributed by atoms with E-state index in [1.54, 1.807) is 12.1 Å². The maximum Gasteiger partial charge on any atom is 0.268 e. The van der Waals surface area contributed by atoms with E-state index < -0.39 is 0 Å². The molecule has 0 aliphatic rings. The molecule has 0 fully saturated rings. The first-order valence-corrected chi connectivity index (χ1v) is 6.22. The fourth-order valence-electron chi connectivity index (χ4n) is 1.43. The number of carbonyl (C=O) groups excluding carboxylic acids is 1. The molecule has 2 rings (SSSR count). The van der Waals surface area contributed by atoms with Crippen LogP contribution in [0.5, 0.6) is 0 Å². The van der Waals surface area contributed by atoms with Crippen molar-refractivity contribution in [2.45, 2.75) is 0 Å². The van der Waals surface area contributed by atoms with Crippen LogP contribution < -0.4 is 4.31 Å². The summed E-state index contributed by atoms with van der Waals surface area (Å²) >= 11 is 7.60. The Labute approximate surface area is 114 Å². The van der Waals surface area contributed by atoms with E-state index in [4.69, 9.17) is 0 Å². The lowest BCUT2D eigenvalue weighted by atomic mass is 10.2. The largest absolute Gasteiger partial charge is 0.268 e. The summed E-state index contributed by atoms with van der Waals surface area (Å²) in [7, 11) is 0. The quantitative estimate of drug-likeness (QED) is 0.833. The van der Waals surface area contributed by atoms with E-state index in [2.05, 4.69) is 28.7 Å². The summed E-state index contributed by atoms with van der Waals surface area (Å²) in [5.41, 5.74) is 1.35. The van der Waals surface area contributed by atoms with Gasteiger partial charge in [-0.25, -0.2) is 0 Å². The van der Waals surface area contributed by atoms with Crippen LogP contribution in [-0.2, 0) is 0 Å². The highest BCUT2D eigenvalue weighted by molar-refractivity contribution is 9.10. The van der Waals surface area contributed by atoms with Crippen LogP contribution in [-0.4, -0.2) is 5.91 Å². The molecule has 17 heavy (non-hydrogen) atoms. The average Bonchev–Trinajstić information content (AvgIpc) is 2.38. The van der Waals surface area contributed by atoms with Crippen molar-refractivity contribution in [2.75, 3.05) is 4.31 Å². The summed E-state index contributed by atoms with van der Waals surface area (Å²) in [4.78, 5) is 12.1. The van der Waals surface area contributed by atoms with Crippen molar-refractivity contribution in [1.82, 2.24) is 0 Å². The number of halogens is 1. The van der Waals surface area contributed by atoms with Gasteiger partial charge in [0.2, 0.25) is 0 Å². The molecule has 0 aliphatic carbocycles. The van der Waals surface area contributed by atoms with E-state index >= 15 is 0 Å². The molecule has 86 valence electrons. The van der Waals surface area contributed by atoms with E-state index in [1.807, 2.05) is 42.5 Å². The van der Waals surface area contributed by atoms with Gasteiger partial charge in [-0.2, -0.15) is 0 Å². The molecule has 0 saturated carbocycles. The van der Waals surface area contributed by atoms with Gasteiger partial charge in [-0.1, -0.05) is 53.0 Å². The van der Waals surface area contributed by atoms with Crippen molar-refractivity contribution in [3.05, 3.63) is 64.6 Å². The Kier molecular flexibility index (Phi) is 3.86. The minimum absolute atomic E-state index is 0.146. The first-order chi connectivity index (χ1) is 8.18. The first kappa shape index (κ1) is 12.2. The smallest absolute Gasteiger partial charge is 0.268 e. The molecule has 1 amide bonds. The number of thiol groups is 1. The van der Waals surface area contributed by atoms with Crippen molar-refractivity contribution in [1.29, 1.82) is 0 Å². The third-order valence-electron chi connectivity index (χ3n) is 2.27. The maximum absolute atomic E-state index is 12.1. The predicted octanol–water partition coefficient (Wildman–Crippen LogP) is 3.94. The van der Waals surface area contributed by atoms with Gasteiger partial charge in [0.05, 0.1) is 5.69 Å². The van der Waals surface area contributed by atoms with Crippen LogP contribution >= 0.6 is 28.7 Å². The molecule has 0 bridgehead atoms. The van der Waals surface area contributed by atoms with Gasteiger partial charge in [-0.15, -0.1) is 0 Å². The normalized spacial score (nSPS) is 10.0. The molecule has 0 N–H and O–H groups in total. The van der Waals surface area contributed by atoms with E-state index in [0.717, 1.165) is 10.2 Å². The maximum atomic E-state index is 12.1. The van der Waals surface area contributed by atoms with Crippen LogP contribution in [0.25, 0.3) is 0 Å².